The molecule has 0 aliphatic rings. The quantitative estimate of drug-likeness (QED) is 0.328. The van der Waals surface area contributed by atoms with Crippen LogP contribution in [-0.2, 0) is 0 Å². The molecule has 0 bridgehead atoms. The fourth-order valence-corrected chi connectivity index (χ4v) is 2.59. The molecule has 0 aliphatic heterocycles. The van der Waals surface area contributed by atoms with Crippen LogP contribution in [-0.4, -0.2) is 39.9 Å². The predicted octanol–water partition coefficient (Wildman–Crippen LogP) is 3.30. The number of hydrazone groups is 1. The number of aromatic amines is 1. The van der Waals surface area contributed by atoms with Crippen LogP contribution in [0.25, 0.3) is 11.4 Å². The third kappa shape index (κ3) is 4.09. The Hall–Kier alpha value is -3.33. The maximum atomic E-state index is 10.1. The van der Waals surface area contributed by atoms with Gasteiger partial charge in [-0.15, -0.1) is 0 Å². The second kappa shape index (κ2) is 8.37. The number of benzene rings is 2. The van der Waals surface area contributed by atoms with Crippen molar-refractivity contribution in [3.63, 3.8) is 0 Å². The van der Waals surface area contributed by atoms with Crippen LogP contribution in [0.1, 0.15) is 12.5 Å². The van der Waals surface area contributed by atoms with Crippen LogP contribution < -0.4 is 15.0 Å². The summed E-state index contributed by atoms with van der Waals surface area (Å²) in [5, 5.41) is 21.2. The maximum absolute atomic E-state index is 10.1. The summed E-state index contributed by atoms with van der Waals surface area (Å²) in [6.07, 6.45) is 1.47. The van der Waals surface area contributed by atoms with E-state index in [1.165, 1.54) is 18.0 Å². The van der Waals surface area contributed by atoms with Crippen LogP contribution >= 0.6 is 12.2 Å². The number of H-pyrrole nitrogens is 1. The minimum absolute atomic E-state index is 0.00748. The van der Waals surface area contributed by atoms with Crippen LogP contribution in [0.5, 0.6) is 17.2 Å². The summed E-state index contributed by atoms with van der Waals surface area (Å²) in [6.45, 7) is 2.53. The van der Waals surface area contributed by atoms with Crippen LogP contribution in [0.15, 0.2) is 47.6 Å². The van der Waals surface area contributed by atoms with Crippen molar-refractivity contribution in [2.75, 3.05) is 19.3 Å². The second-order valence-corrected chi connectivity index (χ2v) is 5.79. The van der Waals surface area contributed by atoms with E-state index < -0.39 is 0 Å². The normalized spacial score (nSPS) is 10.9. The highest BCUT2D eigenvalue weighted by molar-refractivity contribution is 7.71. The van der Waals surface area contributed by atoms with Gasteiger partial charge in [-0.05, 0) is 55.5 Å². The molecule has 2 aromatic carbocycles. The number of hydrogen-bond acceptors (Lipinski definition) is 7. The number of nitrogens with zero attached hydrogens (tertiary/aromatic N) is 3. The first-order chi connectivity index (χ1) is 13.1. The Morgan fingerprint density at radius 1 is 1.30 bits per heavy atom. The lowest BCUT2D eigenvalue weighted by atomic mass is 10.2. The van der Waals surface area contributed by atoms with E-state index in [1.807, 2.05) is 31.2 Å². The maximum Gasteiger partial charge on any atom is 0.216 e. The minimum Gasteiger partial charge on any atom is -0.504 e. The largest absolute Gasteiger partial charge is 0.504 e. The Morgan fingerprint density at radius 3 is 2.78 bits per heavy atom. The summed E-state index contributed by atoms with van der Waals surface area (Å²) in [7, 11) is 1.49. The molecule has 8 nitrogen and oxygen atoms in total. The smallest absolute Gasteiger partial charge is 0.216 e. The summed E-state index contributed by atoms with van der Waals surface area (Å²) in [5.74, 6) is 1.72. The first-order valence-corrected chi connectivity index (χ1v) is 8.60. The molecule has 140 valence electrons. The van der Waals surface area contributed by atoms with E-state index in [4.69, 9.17) is 21.7 Å². The molecule has 3 aromatic rings. The molecule has 0 spiro atoms. The molecule has 0 saturated carbocycles. The van der Waals surface area contributed by atoms with Gasteiger partial charge in [0.05, 0.1) is 19.9 Å². The SMILES string of the molecule is CCOc1ccc(-c2n[nH]c(=S)n2N/N=C\c2cccc(OC)c2O)cc1. The Labute approximate surface area is 161 Å². The zero-order chi connectivity index (χ0) is 19.2. The Morgan fingerprint density at radius 2 is 2.07 bits per heavy atom. The molecular weight excluding hydrogens is 366 g/mol. The third-order valence-corrected chi connectivity index (χ3v) is 3.98. The van der Waals surface area contributed by atoms with Gasteiger partial charge in [0.25, 0.3) is 0 Å². The van der Waals surface area contributed by atoms with Gasteiger partial charge in [0, 0.05) is 11.1 Å². The van der Waals surface area contributed by atoms with Crippen molar-refractivity contribution in [3.05, 3.63) is 52.8 Å². The van der Waals surface area contributed by atoms with Crippen molar-refractivity contribution < 1.29 is 14.6 Å². The third-order valence-electron chi connectivity index (χ3n) is 3.71. The van der Waals surface area contributed by atoms with Crippen molar-refractivity contribution in [1.82, 2.24) is 14.9 Å². The molecule has 9 heteroatoms. The average Bonchev–Trinajstić information content (AvgIpc) is 3.05. The fourth-order valence-electron chi connectivity index (χ4n) is 2.41. The van der Waals surface area contributed by atoms with E-state index in [2.05, 4.69) is 20.8 Å². The van der Waals surface area contributed by atoms with E-state index in [1.54, 1.807) is 18.2 Å². The highest BCUT2D eigenvalue weighted by Crippen LogP contribution is 2.28. The summed E-state index contributed by atoms with van der Waals surface area (Å²) >= 11 is 5.25. The molecule has 3 N–H and O–H groups in total. The second-order valence-electron chi connectivity index (χ2n) is 5.40. The average molecular weight is 385 g/mol. The standard InChI is InChI=1S/C18H19N5O3S/c1-3-26-14-9-7-12(8-10-14)17-20-21-18(27)23(17)22-19-11-13-5-4-6-15(25-2)16(13)24/h4-11,22,24H,3H2,1-2H3,(H,21,27)/b19-11-. The van der Waals surface area contributed by atoms with Gasteiger partial charge in [0.1, 0.15) is 5.75 Å². The molecule has 1 heterocycles. The monoisotopic (exact) mass is 385 g/mol. The number of aromatic hydroxyl groups is 1. The van der Waals surface area contributed by atoms with Crippen molar-refractivity contribution in [1.29, 1.82) is 0 Å². The van der Waals surface area contributed by atoms with Crippen molar-refractivity contribution in [2.45, 2.75) is 6.92 Å². The molecule has 0 saturated heterocycles. The zero-order valence-corrected chi connectivity index (χ0v) is 15.7. The number of rotatable bonds is 7. The first kappa shape index (κ1) is 18.5. The molecule has 0 amide bonds. The van der Waals surface area contributed by atoms with Gasteiger partial charge < -0.3 is 14.6 Å². The number of phenolic OH excluding ortho intramolecular Hbond substituents is 1. The molecule has 0 unspecified atom stereocenters. The number of para-hydroxylation sites is 1. The van der Waals surface area contributed by atoms with E-state index in [0.29, 0.717) is 28.5 Å². The lowest BCUT2D eigenvalue weighted by Gasteiger charge is -2.07. The van der Waals surface area contributed by atoms with Crippen LogP contribution in [0.4, 0.5) is 0 Å². The lowest BCUT2D eigenvalue weighted by molar-refractivity contribution is 0.340. The first-order valence-electron chi connectivity index (χ1n) is 8.19. The van der Waals surface area contributed by atoms with Gasteiger partial charge in [-0.1, -0.05) is 6.07 Å². The van der Waals surface area contributed by atoms with Gasteiger partial charge in [0.2, 0.25) is 4.77 Å². The van der Waals surface area contributed by atoms with E-state index >= 15 is 0 Å². The van der Waals surface area contributed by atoms with Gasteiger partial charge in [-0.2, -0.15) is 14.9 Å². The Balaban J connectivity index is 1.82. The van der Waals surface area contributed by atoms with Crippen LogP contribution in [0, 0.1) is 4.77 Å². The molecule has 27 heavy (non-hydrogen) atoms. The molecule has 0 atom stereocenters. The molecule has 3 rings (SSSR count). The van der Waals surface area contributed by atoms with Crippen molar-refractivity contribution in [2.24, 2.45) is 5.10 Å². The topological polar surface area (TPSA) is 96.7 Å². The highest BCUT2D eigenvalue weighted by atomic mass is 32.1. The number of phenols is 1. The number of aromatic nitrogens is 3. The van der Waals surface area contributed by atoms with Crippen LogP contribution in [0.2, 0.25) is 0 Å². The van der Waals surface area contributed by atoms with Crippen LogP contribution in [0.3, 0.4) is 0 Å². The molecule has 0 fully saturated rings. The minimum atomic E-state index is 0.00748. The van der Waals surface area contributed by atoms with Gasteiger partial charge in [0.15, 0.2) is 17.3 Å². The number of methoxy groups -OCH3 is 1. The van der Waals surface area contributed by atoms with E-state index in [0.717, 1.165) is 11.3 Å². The summed E-state index contributed by atoms with van der Waals surface area (Å²) in [6, 6.07) is 12.6. The van der Waals surface area contributed by atoms with Gasteiger partial charge >= 0.3 is 0 Å². The van der Waals surface area contributed by atoms with Gasteiger partial charge in [-0.25, -0.2) is 10.6 Å². The molecule has 0 aliphatic carbocycles. The zero-order valence-electron chi connectivity index (χ0n) is 14.8. The molecule has 0 radical (unpaired) electrons. The highest BCUT2D eigenvalue weighted by Gasteiger charge is 2.09. The Kier molecular flexibility index (Phi) is 5.72. The predicted molar refractivity (Wildman–Crippen MR) is 106 cm³/mol. The van der Waals surface area contributed by atoms with E-state index in [-0.39, 0.29) is 5.75 Å². The number of ether oxygens (including phenoxy) is 2. The van der Waals surface area contributed by atoms with Crippen molar-refractivity contribution >= 4 is 18.4 Å². The molecular formula is C18H19N5O3S. The van der Waals surface area contributed by atoms with E-state index in [9.17, 15) is 5.11 Å². The number of hydrogen-bond donors (Lipinski definition) is 3. The summed E-state index contributed by atoms with van der Waals surface area (Å²) in [5.41, 5.74) is 4.15. The Bertz CT molecular complexity index is 995. The summed E-state index contributed by atoms with van der Waals surface area (Å²) in [4.78, 5) is 0. The van der Waals surface area contributed by atoms with Gasteiger partial charge in [-0.3, -0.25) is 0 Å². The summed E-state index contributed by atoms with van der Waals surface area (Å²) < 4.78 is 12.4. The molecule has 1 aromatic heterocycles. The number of nitrogens with one attached hydrogen (secondary N) is 2. The lowest BCUT2D eigenvalue weighted by Crippen LogP contribution is -2.10. The van der Waals surface area contributed by atoms with Crippen molar-refractivity contribution in [3.8, 4) is 28.6 Å². The fraction of sp³-hybridized carbons (Fsp3) is 0.167.